The zero-order valence-electron chi connectivity index (χ0n) is 17.4. The van der Waals surface area contributed by atoms with E-state index in [0.29, 0.717) is 5.57 Å². The van der Waals surface area contributed by atoms with Gasteiger partial charge in [0.1, 0.15) is 18.5 Å². The number of nitrogens with one attached hydrogen (secondary N) is 1. The first-order chi connectivity index (χ1) is 15.3. The molecule has 33 heavy (non-hydrogen) atoms. The van der Waals surface area contributed by atoms with Gasteiger partial charge < -0.3 is 24.5 Å². The van der Waals surface area contributed by atoms with Gasteiger partial charge in [0.2, 0.25) is 11.5 Å². The molecule has 0 bridgehead atoms. The van der Waals surface area contributed by atoms with Crippen LogP contribution in [0.5, 0.6) is 0 Å². The van der Waals surface area contributed by atoms with Crippen molar-refractivity contribution in [2.24, 2.45) is 5.16 Å². The monoisotopic (exact) mass is 567 g/mol. The third-order valence-electron chi connectivity index (χ3n) is 4.41. The number of Topliss-reactive ketones (excluding diaryl/α,β-unsaturated/α-hetero) is 1. The second-order valence-electron chi connectivity index (χ2n) is 6.33. The number of hydrogen-bond donors (Lipinski definition) is 1. The normalized spacial score (nSPS) is 19.8. The van der Waals surface area contributed by atoms with Gasteiger partial charge in [0.05, 0.1) is 23.3 Å². The van der Waals surface area contributed by atoms with Crippen LogP contribution < -0.4 is 40.0 Å². The molecule has 2 aliphatic rings. The average Bonchev–Trinajstić information content (AvgIpc) is 3.33. The van der Waals surface area contributed by atoms with E-state index < -0.39 is 40.7 Å². The molecule has 0 unspecified atom stereocenters. The summed E-state index contributed by atoms with van der Waals surface area (Å²) in [5.74, 6) is -3.47. The number of aliphatic carboxylic acids is 1. The minimum atomic E-state index is -1.56. The number of carbonyl (C=O) groups excluding carboxylic acids is 5. The van der Waals surface area contributed by atoms with Crippen LogP contribution in [0.15, 0.2) is 39.2 Å². The Bertz CT molecular complexity index is 1030. The van der Waals surface area contributed by atoms with Crippen LogP contribution >= 0.6 is 39.5 Å². The number of carboxylic acids is 1. The Morgan fingerprint density at radius 1 is 1.42 bits per heavy atom. The first-order valence-corrected chi connectivity index (χ1v) is 12.1. The molecule has 2 atom stereocenters. The summed E-state index contributed by atoms with van der Waals surface area (Å²) in [6, 6.07) is 1.98. The van der Waals surface area contributed by atoms with Crippen molar-refractivity contribution in [3.63, 3.8) is 0 Å². The number of β-lactam (4-membered cyclic amide) rings is 1. The van der Waals surface area contributed by atoms with Crippen LogP contribution in [0.25, 0.3) is 0 Å². The van der Waals surface area contributed by atoms with Gasteiger partial charge in [0, 0.05) is 11.5 Å². The van der Waals surface area contributed by atoms with Crippen molar-refractivity contribution in [3.05, 3.63) is 35.4 Å². The molecule has 3 rings (SSSR count). The van der Waals surface area contributed by atoms with E-state index >= 15 is 0 Å². The van der Waals surface area contributed by atoms with Crippen LogP contribution in [-0.2, 0) is 24.0 Å². The Labute approximate surface area is 226 Å². The summed E-state index contributed by atoms with van der Waals surface area (Å²) in [6.45, 7) is 0. The number of ketones is 1. The molecule has 0 aromatic carbocycles. The number of oxime groups is 1. The summed E-state index contributed by atoms with van der Waals surface area (Å²) >= 11 is 4.99. The maximum absolute atomic E-state index is 12.7. The topological polar surface area (TPSA) is 158 Å². The molecular weight excluding hydrogens is 553 g/mol. The number of alkyl halides is 1. The zero-order valence-corrected chi connectivity index (χ0v) is 22.6. The van der Waals surface area contributed by atoms with E-state index in [0.717, 1.165) is 23.8 Å². The number of hydrogen-bond acceptors (Lipinski definition) is 11. The molecule has 170 valence electrons. The number of rotatable bonds is 9. The number of carboxylic acid groups (broad SMARTS) is 1. The van der Waals surface area contributed by atoms with E-state index in [1.807, 2.05) is 0 Å². The average molecular weight is 568 g/mol. The Hall–Kier alpha value is -1.58. The summed E-state index contributed by atoms with van der Waals surface area (Å²) in [4.78, 5) is 66.3. The van der Waals surface area contributed by atoms with Crippen LogP contribution in [-0.4, -0.2) is 74.7 Å². The smallest absolute Gasteiger partial charge is 0.543 e. The van der Waals surface area contributed by atoms with Gasteiger partial charge in [0.15, 0.2) is 5.76 Å². The van der Waals surface area contributed by atoms with Crippen molar-refractivity contribution in [1.82, 2.24) is 10.2 Å². The largest absolute Gasteiger partial charge is 1.00 e. The quantitative estimate of drug-likeness (QED) is 0.0793. The van der Waals surface area contributed by atoms with Gasteiger partial charge >= 0.3 is 29.6 Å². The summed E-state index contributed by atoms with van der Waals surface area (Å²) in [5, 5.41) is 16.3. The number of thioether (sulfide) groups is 2. The van der Waals surface area contributed by atoms with Gasteiger partial charge in [-0.25, -0.2) is 0 Å². The fraction of sp³-hybridized carbons (Fsp3) is 0.333. The van der Waals surface area contributed by atoms with E-state index in [4.69, 9.17) is 4.42 Å². The van der Waals surface area contributed by atoms with Crippen LogP contribution in [0.1, 0.15) is 10.6 Å². The molecule has 0 spiro atoms. The number of nitrogens with zero attached hydrogens (tertiary/aromatic N) is 2. The second kappa shape index (κ2) is 12.2. The predicted octanol–water partition coefficient (Wildman–Crippen LogP) is -3.47. The Balaban J connectivity index is 0.00000385. The summed E-state index contributed by atoms with van der Waals surface area (Å²) in [5.41, 5.74) is -0.516. The molecule has 0 aliphatic carbocycles. The summed E-state index contributed by atoms with van der Waals surface area (Å²) in [6.07, 6.45) is 1.35. The van der Waals surface area contributed by atoms with E-state index in [1.54, 1.807) is 6.07 Å². The Morgan fingerprint density at radius 3 is 2.73 bits per heavy atom. The van der Waals surface area contributed by atoms with Crippen LogP contribution in [0, 0.1) is 0 Å². The molecule has 1 aromatic rings. The maximum Gasteiger partial charge on any atom is 1.00 e. The van der Waals surface area contributed by atoms with Gasteiger partial charge in [-0.05, 0) is 17.7 Å². The molecule has 0 radical (unpaired) electrons. The van der Waals surface area contributed by atoms with E-state index in [9.17, 15) is 29.1 Å². The number of furan rings is 1. The number of fused-ring (bicyclic) bond motifs is 1. The Morgan fingerprint density at radius 2 is 2.15 bits per heavy atom. The Kier molecular flexibility index (Phi) is 10.2. The van der Waals surface area contributed by atoms with E-state index in [-0.39, 0.29) is 63.0 Å². The minimum Gasteiger partial charge on any atom is -0.543 e. The minimum absolute atomic E-state index is 0. The molecule has 1 saturated heterocycles. The molecule has 2 aliphatic heterocycles. The molecule has 1 fully saturated rings. The molecule has 1 aromatic heterocycles. The SMILES string of the molecule is CO/N=C(/C(=O)CBr)C(=O)N[C@@H]1C(=O)N2C(C(=O)[O-])=C(CSC(=O)c3ccco3)CS[C@H]12.[Na+]. The molecule has 1 N–H and O–H groups in total. The van der Waals surface area contributed by atoms with E-state index in [2.05, 4.69) is 31.2 Å². The van der Waals surface area contributed by atoms with Crippen molar-refractivity contribution in [1.29, 1.82) is 0 Å². The molecule has 0 saturated carbocycles. The maximum atomic E-state index is 12.7. The zero-order chi connectivity index (χ0) is 23.4. The van der Waals surface area contributed by atoms with Crippen molar-refractivity contribution < 1.29 is 67.9 Å². The van der Waals surface area contributed by atoms with Crippen molar-refractivity contribution in [2.75, 3.05) is 23.9 Å². The molecule has 2 amide bonds. The predicted molar refractivity (Wildman–Crippen MR) is 116 cm³/mol. The van der Waals surface area contributed by atoms with Gasteiger partial charge in [-0.15, -0.1) is 11.8 Å². The summed E-state index contributed by atoms with van der Waals surface area (Å²) in [7, 11) is 1.16. The molecule has 11 nitrogen and oxygen atoms in total. The molecule has 3 heterocycles. The second-order valence-corrected chi connectivity index (χ2v) is 8.95. The van der Waals surface area contributed by atoms with Gasteiger partial charge in [-0.2, -0.15) is 0 Å². The van der Waals surface area contributed by atoms with Crippen LogP contribution in [0.3, 0.4) is 0 Å². The third kappa shape index (κ3) is 5.92. The van der Waals surface area contributed by atoms with Crippen molar-refractivity contribution >= 4 is 73.8 Å². The van der Waals surface area contributed by atoms with Gasteiger partial charge in [-0.1, -0.05) is 32.8 Å². The standard InChI is InChI=1S/C18H16BrN3O8S2.Na/c1-29-21-11(9(23)5-19)14(24)20-12-15(25)22-13(17(26)27)8(6-31-16(12)22)7-32-18(28)10-3-2-4-30-10;/h2-4,12,16H,5-7H2,1H3,(H,20,24)(H,26,27);/q;+1/p-1/b21-11-;/t12-,16-;/m1./s1. The number of halogens is 1. The van der Waals surface area contributed by atoms with Crippen molar-refractivity contribution in [3.8, 4) is 0 Å². The first-order valence-electron chi connectivity index (χ1n) is 8.90. The van der Waals surface area contributed by atoms with Crippen LogP contribution in [0.2, 0.25) is 0 Å². The van der Waals surface area contributed by atoms with Gasteiger partial charge in [0.25, 0.3) is 16.9 Å². The number of carbonyl (C=O) groups is 5. The fourth-order valence-corrected chi connectivity index (χ4v) is 5.53. The van der Waals surface area contributed by atoms with Crippen LogP contribution in [0.4, 0.5) is 0 Å². The van der Waals surface area contributed by atoms with Crippen molar-refractivity contribution in [2.45, 2.75) is 11.4 Å². The summed E-state index contributed by atoms with van der Waals surface area (Å²) < 4.78 is 5.02. The fourth-order valence-electron chi connectivity index (χ4n) is 2.98. The van der Waals surface area contributed by atoms with Gasteiger partial charge in [-0.3, -0.25) is 24.1 Å². The first kappa shape index (κ1) is 27.7. The molecular formula is C18H15BrN3NaO8S2. The molecule has 15 heteroatoms. The van der Waals surface area contributed by atoms with E-state index in [1.165, 1.54) is 24.1 Å². The number of amides is 2. The third-order valence-corrected chi connectivity index (χ3v) is 7.22.